The Kier molecular flexibility index (Phi) is 7.35. The molecule has 0 atom stereocenters. The highest BCUT2D eigenvalue weighted by Crippen LogP contribution is 2.47. The highest BCUT2D eigenvalue weighted by atomic mass is 35.5. The number of anilines is 2. The first-order valence-corrected chi connectivity index (χ1v) is 13.3. The summed E-state index contributed by atoms with van der Waals surface area (Å²) in [6.45, 7) is 1.24. The Bertz CT molecular complexity index is 1480. The monoisotopic (exact) mass is 539 g/mol. The van der Waals surface area contributed by atoms with Gasteiger partial charge in [0.15, 0.2) is 0 Å². The van der Waals surface area contributed by atoms with Crippen molar-refractivity contribution < 1.29 is 22.7 Å². The van der Waals surface area contributed by atoms with E-state index in [9.17, 15) is 18.5 Å². The summed E-state index contributed by atoms with van der Waals surface area (Å²) in [5.74, 6) is -0.0414. The van der Waals surface area contributed by atoms with Crippen LogP contribution in [-0.4, -0.2) is 35.1 Å². The van der Waals surface area contributed by atoms with Crippen molar-refractivity contribution in [3.05, 3.63) is 76.8 Å². The fraction of sp³-hybridized carbons (Fsp3) is 0.259. The number of benzene rings is 3. The van der Waals surface area contributed by atoms with Gasteiger partial charge in [-0.2, -0.15) is 5.26 Å². The molecular weight excluding hydrogens is 514 g/mol. The van der Waals surface area contributed by atoms with Crippen molar-refractivity contribution >= 4 is 38.9 Å². The molecule has 1 N–H and O–H groups in total. The molecule has 0 aromatic heterocycles. The maximum atomic E-state index is 13.9. The van der Waals surface area contributed by atoms with Gasteiger partial charge in [-0.15, -0.1) is 0 Å². The van der Waals surface area contributed by atoms with Gasteiger partial charge in [0.25, 0.3) is 10.0 Å². The van der Waals surface area contributed by atoms with Gasteiger partial charge in [-0.05, 0) is 73.4 Å². The molecule has 4 rings (SSSR count). The lowest BCUT2D eigenvalue weighted by molar-refractivity contribution is -0.114. The van der Waals surface area contributed by atoms with Crippen molar-refractivity contribution in [2.45, 2.75) is 30.1 Å². The van der Waals surface area contributed by atoms with Crippen LogP contribution in [0.1, 0.15) is 24.0 Å². The minimum Gasteiger partial charge on any atom is -0.495 e. The van der Waals surface area contributed by atoms with Gasteiger partial charge >= 0.3 is 0 Å². The highest BCUT2D eigenvalue weighted by Gasteiger charge is 2.44. The standard InChI is InChI=1S/C27H26ClN3O5S/c1-18-4-10-24(36-3)25(14-18)37(33,34)31(21-9-11-23(35-2)22(28)15-21)16-26(32)30-20-7-5-19(6-8-20)27(17-29)12-13-27/h4-11,14-15H,12-13,16H2,1-3H3,(H,30,32). The minimum atomic E-state index is -4.25. The van der Waals surface area contributed by atoms with Crippen LogP contribution in [0, 0.1) is 18.3 Å². The Morgan fingerprint density at radius 2 is 1.70 bits per heavy atom. The second-order valence-electron chi connectivity index (χ2n) is 8.80. The van der Waals surface area contributed by atoms with Crippen LogP contribution in [-0.2, 0) is 20.2 Å². The van der Waals surface area contributed by atoms with Gasteiger partial charge in [-0.25, -0.2) is 8.42 Å². The van der Waals surface area contributed by atoms with E-state index in [1.807, 2.05) is 0 Å². The van der Waals surface area contributed by atoms with Crippen molar-refractivity contribution in [1.82, 2.24) is 0 Å². The van der Waals surface area contributed by atoms with Crippen molar-refractivity contribution in [2.75, 3.05) is 30.4 Å². The van der Waals surface area contributed by atoms with E-state index in [1.54, 1.807) is 43.3 Å². The lowest BCUT2D eigenvalue weighted by atomic mass is 9.98. The molecular formula is C27H26ClN3O5S. The molecule has 1 fully saturated rings. The number of hydrogen-bond donors (Lipinski definition) is 1. The largest absolute Gasteiger partial charge is 0.495 e. The zero-order valence-corrected chi connectivity index (χ0v) is 22.2. The number of nitrogens with zero attached hydrogens (tertiary/aromatic N) is 2. The van der Waals surface area contributed by atoms with Gasteiger partial charge in [0.2, 0.25) is 5.91 Å². The molecule has 0 aliphatic heterocycles. The van der Waals surface area contributed by atoms with Crippen LogP contribution >= 0.6 is 11.6 Å². The quantitative estimate of drug-likeness (QED) is 0.407. The van der Waals surface area contributed by atoms with Gasteiger partial charge in [0.05, 0.1) is 36.4 Å². The normalized spacial score (nSPS) is 13.8. The third-order valence-corrected chi connectivity index (χ3v) is 8.37. The van der Waals surface area contributed by atoms with Gasteiger partial charge in [0.1, 0.15) is 22.9 Å². The number of rotatable bonds is 9. The molecule has 37 heavy (non-hydrogen) atoms. The van der Waals surface area contributed by atoms with Crippen LogP contribution in [0.25, 0.3) is 0 Å². The Morgan fingerprint density at radius 3 is 2.27 bits per heavy atom. The van der Waals surface area contributed by atoms with E-state index in [1.165, 1.54) is 38.5 Å². The van der Waals surface area contributed by atoms with E-state index in [-0.39, 0.29) is 21.4 Å². The lowest BCUT2D eigenvalue weighted by Gasteiger charge is -2.25. The summed E-state index contributed by atoms with van der Waals surface area (Å²) in [5.41, 5.74) is 1.85. The first-order chi connectivity index (χ1) is 17.6. The van der Waals surface area contributed by atoms with Crippen LogP contribution in [0.4, 0.5) is 11.4 Å². The summed E-state index contributed by atoms with van der Waals surface area (Å²) in [6.07, 6.45) is 1.63. The van der Waals surface area contributed by atoms with Gasteiger partial charge in [-0.1, -0.05) is 29.8 Å². The van der Waals surface area contributed by atoms with E-state index >= 15 is 0 Å². The summed E-state index contributed by atoms with van der Waals surface area (Å²) in [6, 6.07) is 18.6. The van der Waals surface area contributed by atoms with Gasteiger partial charge in [0, 0.05) is 5.69 Å². The molecule has 1 saturated carbocycles. The Labute approximate surface area is 221 Å². The fourth-order valence-electron chi connectivity index (χ4n) is 4.02. The predicted molar refractivity (Wildman–Crippen MR) is 142 cm³/mol. The second kappa shape index (κ2) is 10.3. The van der Waals surface area contributed by atoms with Gasteiger partial charge < -0.3 is 14.8 Å². The second-order valence-corrected chi connectivity index (χ2v) is 11.0. The number of amides is 1. The molecule has 0 saturated heterocycles. The van der Waals surface area contributed by atoms with Crippen LogP contribution in [0.5, 0.6) is 11.5 Å². The number of halogens is 1. The van der Waals surface area contributed by atoms with Gasteiger partial charge in [-0.3, -0.25) is 9.10 Å². The molecule has 1 amide bonds. The number of carbonyl (C=O) groups is 1. The minimum absolute atomic E-state index is 0.0784. The Hall–Kier alpha value is -3.74. The van der Waals surface area contributed by atoms with Crippen molar-refractivity contribution in [3.63, 3.8) is 0 Å². The molecule has 1 aliphatic carbocycles. The zero-order chi connectivity index (χ0) is 26.8. The molecule has 3 aromatic carbocycles. The number of carbonyl (C=O) groups excluding carboxylic acids is 1. The number of hydrogen-bond acceptors (Lipinski definition) is 6. The average molecular weight is 540 g/mol. The molecule has 0 heterocycles. The van der Waals surface area contributed by atoms with Crippen LogP contribution in [0.3, 0.4) is 0 Å². The van der Waals surface area contributed by atoms with E-state index in [0.717, 1.165) is 22.7 Å². The Balaban J connectivity index is 1.66. The first kappa shape index (κ1) is 26.3. The number of sulfonamides is 1. The average Bonchev–Trinajstić information content (AvgIpc) is 3.69. The first-order valence-electron chi connectivity index (χ1n) is 11.5. The number of nitriles is 1. The van der Waals surface area contributed by atoms with Crippen LogP contribution in [0.15, 0.2) is 65.6 Å². The lowest BCUT2D eigenvalue weighted by Crippen LogP contribution is -2.38. The molecule has 8 nitrogen and oxygen atoms in total. The summed E-state index contributed by atoms with van der Waals surface area (Å²) < 4.78 is 39.2. The molecule has 192 valence electrons. The molecule has 3 aromatic rings. The highest BCUT2D eigenvalue weighted by molar-refractivity contribution is 7.93. The number of ether oxygens (including phenoxy) is 2. The number of aryl methyl sites for hydroxylation is 1. The third kappa shape index (κ3) is 5.36. The SMILES string of the molecule is COc1ccc(N(CC(=O)Nc2ccc(C3(C#N)CC3)cc2)S(=O)(=O)c2cc(C)ccc2OC)cc1Cl. The molecule has 0 radical (unpaired) electrons. The topological polar surface area (TPSA) is 109 Å². The molecule has 0 spiro atoms. The molecule has 10 heteroatoms. The zero-order valence-electron chi connectivity index (χ0n) is 20.6. The maximum Gasteiger partial charge on any atom is 0.268 e. The number of nitrogens with one attached hydrogen (secondary N) is 1. The summed E-state index contributed by atoms with van der Waals surface area (Å²) in [4.78, 5) is 13.0. The van der Waals surface area contributed by atoms with E-state index in [2.05, 4.69) is 11.4 Å². The maximum absolute atomic E-state index is 13.9. The fourth-order valence-corrected chi connectivity index (χ4v) is 5.93. The smallest absolute Gasteiger partial charge is 0.268 e. The summed E-state index contributed by atoms with van der Waals surface area (Å²) >= 11 is 6.29. The van der Waals surface area contributed by atoms with Crippen LogP contribution < -0.4 is 19.1 Å². The number of methoxy groups -OCH3 is 2. The molecule has 1 aliphatic rings. The molecule has 0 unspecified atom stereocenters. The van der Waals surface area contributed by atoms with E-state index < -0.39 is 27.9 Å². The van der Waals surface area contributed by atoms with E-state index in [4.69, 9.17) is 21.1 Å². The van der Waals surface area contributed by atoms with Crippen molar-refractivity contribution in [3.8, 4) is 17.6 Å². The summed E-state index contributed by atoms with van der Waals surface area (Å²) in [7, 11) is -1.42. The van der Waals surface area contributed by atoms with Crippen molar-refractivity contribution in [2.24, 2.45) is 0 Å². The van der Waals surface area contributed by atoms with Crippen LogP contribution in [0.2, 0.25) is 5.02 Å². The van der Waals surface area contributed by atoms with Crippen molar-refractivity contribution in [1.29, 1.82) is 5.26 Å². The third-order valence-electron chi connectivity index (χ3n) is 6.28. The van der Waals surface area contributed by atoms with E-state index in [0.29, 0.717) is 17.0 Å². The summed E-state index contributed by atoms with van der Waals surface area (Å²) in [5, 5.41) is 12.3. The molecule has 0 bridgehead atoms. The Morgan fingerprint density at radius 1 is 1.05 bits per heavy atom. The predicted octanol–water partition coefficient (Wildman–Crippen LogP) is 5.05.